The van der Waals surface area contributed by atoms with Crippen LogP contribution in [0.1, 0.15) is 11.3 Å². The van der Waals surface area contributed by atoms with Crippen molar-refractivity contribution in [2.75, 3.05) is 0 Å². The van der Waals surface area contributed by atoms with Gasteiger partial charge in [0.15, 0.2) is 12.2 Å². The predicted octanol–water partition coefficient (Wildman–Crippen LogP) is 2.66. The first-order valence-corrected chi connectivity index (χ1v) is 5.38. The van der Waals surface area contributed by atoms with Crippen LogP contribution in [0.5, 0.6) is 0 Å². The Morgan fingerprint density at radius 3 is 2.82 bits per heavy atom. The largest absolute Gasteiger partial charge is 0.442 e. The van der Waals surface area contributed by atoms with Crippen LogP contribution in [-0.4, -0.2) is 15.0 Å². The van der Waals surface area contributed by atoms with Gasteiger partial charge < -0.3 is 9.40 Å². The first kappa shape index (κ1) is 9.84. The summed E-state index contributed by atoms with van der Waals surface area (Å²) in [4.78, 5) is 11.3. The highest BCUT2D eigenvalue weighted by Gasteiger charge is 2.12. The summed E-state index contributed by atoms with van der Waals surface area (Å²) < 4.78 is 5.40. The second-order valence-corrected chi connectivity index (χ2v) is 3.76. The van der Waals surface area contributed by atoms with Gasteiger partial charge in [0.2, 0.25) is 0 Å². The van der Waals surface area contributed by atoms with Crippen LogP contribution in [-0.2, 0) is 6.42 Å². The maximum atomic E-state index is 5.40. The lowest BCUT2D eigenvalue weighted by molar-refractivity contribution is 0.569. The van der Waals surface area contributed by atoms with E-state index in [-0.39, 0.29) is 0 Å². The van der Waals surface area contributed by atoms with Crippen LogP contribution in [0, 0.1) is 0 Å². The monoisotopic (exact) mass is 225 g/mol. The summed E-state index contributed by atoms with van der Waals surface area (Å²) in [6.07, 6.45) is 5.58. The van der Waals surface area contributed by atoms with Gasteiger partial charge >= 0.3 is 0 Å². The minimum Gasteiger partial charge on any atom is -0.442 e. The predicted molar refractivity (Wildman–Crippen MR) is 63.3 cm³/mol. The van der Waals surface area contributed by atoms with Crippen LogP contribution < -0.4 is 0 Å². The van der Waals surface area contributed by atoms with E-state index in [0.717, 1.165) is 23.6 Å². The number of imidazole rings is 1. The van der Waals surface area contributed by atoms with E-state index in [1.807, 2.05) is 18.2 Å². The minimum absolute atomic E-state index is 0.756. The molecule has 1 N–H and O–H groups in total. The summed E-state index contributed by atoms with van der Waals surface area (Å²) in [6, 6.07) is 10.2. The van der Waals surface area contributed by atoms with Crippen LogP contribution in [0.15, 0.2) is 53.7 Å². The second kappa shape index (κ2) is 4.25. The molecule has 1 aromatic carbocycles. The Balaban J connectivity index is 1.92. The molecule has 0 unspecified atom stereocenters. The zero-order chi connectivity index (χ0) is 11.5. The smallest absolute Gasteiger partial charge is 0.181 e. The van der Waals surface area contributed by atoms with Crippen molar-refractivity contribution in [1.29, 1.82) is 0 Å². The maximum absolute atomic E-state index is 5.40. The number of rotatable bonds is 3. The van der Waals surface area contributed by atoms with Gasteiger partial charge in [-0.3, -0.25) is 0 Å². The van der Waals surface area contributed by atoms with Crippen molar-refractivity contribution in [3.8, 4) is 11.5 Å². The number of aromatic amines is 1. The van der Waals surface area contributed by atoms with E-state index in [2.05, 4.69) is 27.1 Å². The molecule has 0 fully saturated rings. The molecule has 3 rings (SSSR count). The van der Waals surface area contributed by atoms with E-state index < -0.39 is 0 Å². The highest BCUT2D eigenvalue weighted by atomic mass is 16.3. The Kier molecular flexibility index (Phi) is 2.46. The minimum atomic E-state index is 0.756. The van der Waals surface area contributed by atoms with Gasteiger partial charge in [-0.1, -0.05) is 30.3 Å². The van der Waals surface area contributed by atoms with E-state index in [4.69, 9.17) is 4.42 Å². The standard InChI is InChI=1S/C13H11N3O/c1-2-4-10(5-3-1)6-11-13(17-9-16-11)12-7-14-8-15-12/h1-5,7-9H,6H2,(H,14,15). The molecule has 0 aliphatic carbocycles. The molecule has 2 heterocycles. The number of hydrogen-bond acceptors (Lipinski definition) is 3. The third-order valence-electron chi connectivity index (χ3n) is 2.60. The highest BCUT2D eigenvalue weighted by molar-refractivity contribution is 5.54. The first-order valence-electron chi connectivity index (χ1n) is 5.38. The molecule has 0 saturated carbocycles. The normalized spacial score (nSPS) is 10.6. The van der Waals surface area contributed by atoms with Gasteiger partial charge in [-0.05, 0) is 5.56 Å². The summed E-state index contributed by atoms with van der Waals surface area (Å²) in [7, 11) is 0. The van der Waals surface area contributed by atoms with Crippen molar-refractivity contribution in [3.63, 3.8) is 0 Å². The third-order valence-corrected chi connectivity index (χ3v) is 2.60. The zero-order valence-electron chi connectivity index (χ0n) is 9.13. The van der Waals surface area contributed by atoms with Gasteiger partial charge in [-0.25, -0.2) is 9.97 Å². The number of hydrogen-bond donors (Lipinski definition) is 1. The van der Waals surface area contributed by atoms with E-state index in [0.29, 0.717) is 0 Å². The Hall–Kier alpha value is -2.36. The fraction of sp³-hybridized carbons (Fsp3) is 0.0769. The molecule has 0 atom stereocenters. The molecule has 0 aliphatic rings. The van der Waals surface area contributed by atoms with Gasteiger partial charge in [0.05, 0.1) is 18.2 Å². The number of nitrogens with one attached hydrogen (secondary N) is 1. The molecule has 4 heteroatoms. The Morgan fingerprint density at radius 1 is 1.18 bits per heavy atom. The summed E-state index contributed by atoms with van der Waals surface area (Å²) in [5, 5.41) is 0. The fourth-order valence-electron chi connectivity index (χ4n) is 1.78. The highest BCUT2D eigenvalue weighted by Crippen LogP contribution is 2.22. The van der Waals surface area contributed by atoms with Crippen molar-refractivity contribution < 1.29 is 4.42 Å². The molecule has 0 spiro atoms. The van der Waals surface area contributed by atoms with Crippen molar-refractivity contribution in [1.82, 2.24) is 15.0 Å². The molecule has 0 bridgehead atoms. The molecule has 17 heavy (non-hydrogen) atoms. The van der Waals surface area contributed by atoms with Gasteiger partial charge in [0.1, 0.15) is 5.69 Å². The van der Waals surface area contributed by atoms with Crippen molar-refractivity contribution in [2.24, 2.45) is 0 Å². The van der Waals surface area contributed by atoms with Crippen LogP contribution >= 0.6 is 0 Å². The van der Waals surface area contributed by atoms with Crippen molar-refractivity contribution in [3.05, 3.63) is 60.5 Å². The molecule has 0 radical (unpaired) electrons. The summed E-state index contributed by atoms with van der Waals surface area (Å²) in [5.74, 6) is 0.756. The van der Waals surface area contributed by atoms with Crippen LogP contribution in [0.3, 0.4) is 0 Å². The van der Waals surface area contributed by atoms with E-state index in [9.17, 15) is 0 Å². The van der Waals surface area contributed by atoms with Gasteiger partial charge in [0, 0.05) is 6.42 Å². The molecular weight excluding hydrogens is 214 g/mol. The third kappa shape index (κ3) is 1.97. The Bertz CT molecular complexity index is 584. The first-order chi connectivity index (χ1) is 8.43. The van der Waals surface area contributed by atoms with E-state index >= 15 is 0 Å². The molecule has 0 amide bonds. The van der Waals surface area contributed by atoms with Gasteiger partial charge in [-0.15, -0.1) is 0 Å². The number of benzene rings is 1. The molecule has 3 aromatic rings. The lowest BCUT2D eigenvalue weighted by Gasteiger charge is -1.99. The Labute approximate surface area is 98.4 Å². The lowest BCUT2D eigenvalue weighted by atomic mass is 10.1. The Morgan fingerprint density at radius 2 is 2.06 bits per heavy atom. The average molecular weight is 225 g/mol. The second-order valence-electron chi connectivity index (χ2n) is 3.76. The number of nitrogens with zero attached hydrogens (tertiary/aromatic N) is 2. The molecule has 84 valence electrons. The summed E-state index contributed by atoms with van der Waals surface area (Å²) in [6.45, 7) is 0. The van der Waals surface area contributed by atoms with Gasteiger partial charge in [-0.2, -0.15) is 0 Å². The van der Waals surface area contributed by atoms with E-state index in [1.165, 1.54) is 12.0 Å². The van der Waals surface area contributed by atoms with Crippen molar-refractivity contribution in [2.45, 2.75) is 6.42 Å². The molecule has 2 aromatic heterocycles. The summed E-state index contributed by atoms with van der Waals surface area (Å²) in [5.41, 5.74) is 2.98. The number of aromatic nitrogens is 3. The van der Waals surface area contributed by atoms with Crippen LogP contribution in [0.4, 0.5) is 0 Å². The molecular formula is C13H11N3O. The zero-order valence-corrected chi connectivity index (χ0v) is 9.13. The van der Waals surface area contributed by atoms with E-state index in [1.54, 1.807) is 12.5 Å². The molecule has 0 saturated heterocycles. The van der Waals surface area contributed by atoms with Crippen LogP contribution in [0.2, 0.25) is 0 Å². The molecule has 0 aliphatic heterocycles. The number of H-pyrrole nitrogens is 1. The van der Waals surface area contributed by atoms with Crippen LogP contribution in [0.25, 0.3) is 11.5 Å². The average Bonchev–Trinajstić information content (AvgIpc) is 3.00. The molecule has 4 nitrogen and oxygen atoms in total. The quantitative estimate of drug-likeness (QED) is 0.745. The topological polar surface area (TPSA) is 54.7 Å². The maximum Gasteiger partial charge on any atom is 0.181 e. The fourth-order valence-corrected chi connectivity index (χ4v) is 1.78. The summed E-state index contributed by atoms with van der Waals surface area (Å²) >= 11 is 0. The van der Waals surface area contributed by atoms with Crippen molar-refractivity contribution >= 4 is 0 Å². The van der Waals surface area contributed by atoms with Gasteiger partial charge in [0.25, 0.3) is 0 Å². The number of oxazole rings is 1. The lowest BCUT2D eigenvalue weighted by Crippen LogP contribution is -1.90. The SMILES string of the molecule is c1ccc(Cc2ncoc2-c2cnc[nH]2)cc1.